The number of hydrogen-bond acceptors (Lipinski definition) is 3. The number of methoxy groups -OCH3 is 1. The van der Waals surface area contributed by atoms with Crippen LogP contribution >= 0.6 is 27.5 Å². The summed E-state index contributed by atoms with van der Waals surface area (Å²) in [4.78, 5) is 11.5. The average molecular weight is 322 g/mol. The van der Waals surface area contributed by atoms with E-state index in [0.717, 1.165) is 4.47 Å². The van der Waals surface area contributed by atoms with Gasteiger partial charge in [-0.05, 0) is 18.6 Å². The van der Waals surface area contributed by atoms with Crippen LogP contribution in [-0.4, -0.2) is 18.2 Å². The van der Waals surface area contributed by atoms with Crippen molar-refractivity contribution in [2.24, 2.45) is 5.92 Å². The Morgan fingerprint density at radius 1 is 1.59 bits per heavy atom. The zero-order valence-electron chi connectivity index (χ0n) is 9.61. The van der Waals surface area contributed by atoms with E-state index in [1.165, 1.54) is 7.11 Å². The second kappa shape index (κ2) is 6.38. The van der Waals surface area contributed by atoms with Crippen LogP contribution in [-0.2, 0) is 9.53 Å². The topological polar surface area (TPSA) is 46.5 Å². The molecule has 1 rings (SSSR count). The average Bonchev–Trinajstić information content (AvgIpc) is 2.29. The first kappa shape index (κ1) is 14.5. The van der Waals surface area contributed by atoms with Crippen molar-refractivity contribution in [2.75, 3.05) is 7.11 Å². The highest BCUT2D eigenvalue weighted by atomic mass is 79.9. The minimum Gasteiger partial charge on any atom is -0.469 e. The smallest absolute Gasteiger partial charge is 0.311 e. The Bertz CT molecular complexity index is 409. The van der Waals surface area contributed by atoms with E-state index in [4.69, 9.17) is 11.6 Å². The molecule has 0 aromatic heterocycles. The van der Waals surface area contributed by atoms with Crippen LogP contribution in [0, 0.1) is 5.92 Å². The summed E-state index contributed by atoms with van der Waals surface area (Å²) in [5, 5.41) is 10.6. The summed E-state index contributed by atoms with van der Waals surface area (Å²) in [6.07, 6.45) is -0.465. The number of carbonyl (C=O) groups is 1. The molecule has 5 heteroatoms. The summed E-state index contributed by atoms with van der Waals surface area (Å²) in [5.74, 6) is -1.03. The van der Waals surface area contributed by atoms with Gasteiger partial charge in [0.2, 0.25) is 0 Å². The molecule has 0 spiro atoms. The van der Waals surface area contributed by atoms with E-state index in [-0.39, 0.29) is 0 Å². The first-order chi connectivity index (χ1) is 8.01. The normalized spacial score (nSPS) is 14.2. The molecule has 94 valence electrons. The molecule has 0 saturated carbocycles. The summed E-state index contributed by atoms with van der Waals surface area (Å²) in [7, 11) is 1.31. The molecule has 2 atom stereocenters. The largest absolute Gasteiger partial charge is 0.469 e. The van der Waals surface area contributed by atoms with Gasteiger partial charge in [-0.1, -0.05) is 40.5 Å². The molecule has 2 unspecified atom stereocenters. The molecule has 1 N–H and O–H groups in total. The van der Waals surface area contributed by atoms with Crippen LogP contribution in [0.3, 0.4) is 0 Å². The number of benzene rings is 1. The lowest BCUT2D eigenvalue weighted by atomic mass is 9.93. The van der Waals surface area contributed by atoms with Crippen LogP contribution in [0.1, 0.15) is 25.0 Å². The maximum absolute atomic E-state index is 11.5. The lowest BCUT2D eigenvalue weighted by molar-refractivity contribution is -0.149. The van der Waals surface area contributed by atoms with Gasteiger partial charge >= 0.3 is 5.97 Å². The van der Waals surface area contributed by atoms with Gasteiger partial charge in [-0.15, -0.1) is 0 Å². The second-order valence-electron chi connectivity index (χ2n) is 3.65. The van der Waals surface area contributed by atoms with E-state index in [0.29, 0.717) is 17.0 Å². The second-order valence-corrected chi connectivity index (χ2v) is 4.97. The Labute approximate surface area is 114 Å². The number of aliphatic hydroxyl groups excluding tert-OH is 1. The minimum atomic E-state index is -0.951. The van der Waals surface area contributed by atoms with Crippen molar-refractivity contribution in [1.82, 2.24) is 0 Å². The lowest BCUT2D eigenvalue weighted by Gasteiger charge is -2.20. The van der Waals surface area contributed by atoms with Crippen molar-refractivity contribution in [2.45, 2.75) is 19.4 Å². The van der Waals surface area contributed by atoms with Crippen LogP contribution in [0.5, 0.6) is 0 Å². The summed E-state index contributed by atoms with van der Waals surface area (Å²) < 4.78 is 5.48. The predicted molar refractivity (Wildman–Crippen MR) is 69.9 cm³/mol. The number of hydrogen-bond donors (Lipinski definition) is 1. The molecule has 0 aliphatic heterocycles. The maximum atomic E-state index is 11.5. The molecule has 0 fully saturated rings. The summed E-state index contributed by atoms with van der Waals surface area (Å²) in [6.45, 7) is 1.82. The standard InChI is InChI=1S/C12H14BrClO3/c1-3-8(12(16)17-2)11(15)9-5-4-7(13)6-10(9)14/h4-6,8,11,15H,3H2,1-2H3. The van der Waals surface area contributed by atoms with Gasteiger partial charge in [0.15, 0.2) is 0 Å². The molecule has 0 saturated heterocycles. The minimum absolute atomic E-state index is 0.425. The molecule has 1 aromatic rings. The van der Waals surface area contributed by atoms with E-state index < -0.39 is 18.0 Å². The Balaban J connectivity index is 3.01. The molecule has 0 bridgehead atoms. The van der Waals surface area contributed by atoms with E-state index in [1.54, 1.807) is 18.2 Å². The van der Waals surface area contributed by atoms with Gasteiger partial charge in [0.05, 0.1) is 19.1 Å². The highest BCUT2D eigenvalue weighted by Crippen LogP contribution is 2.32. The maximum Gasteiger partial charge on any atom is 0.311 e. The van der Waals surface area contributed by atoms with E-state index in [9.17, 15) is 9.90 Å². The fraction of sp³-hybridized carbons (Fsp3) is 0.417. The monoisotopic (exact) mass is 320 g/mol. The van der Waals surface area contributed by atoms with Gasteiger partial charge in [0, 0.05) is 15.1 Å². The fourth-order valence-electron chi connectivity index (χ4n) is 1.63. The molecule has 0 heterocycles. The highest BCUT2D eigenvalue weighted by molar-refractivity contribution is 9.10. The zero-order chi connectivity index (χ0) is 13.0. The Kier molecular flexibility index (Phi) is 5.43. The SMILES string of the molecule is CCC(C(=O)OC)C(O)c1ccc(Br)cc1Cl. The molecule has 1 aromatic carbocycles. The third-order valence-corrected chi connectivity index (χ3v) is 3.43. The van der Waals surface area contributed by atoms with Gasteiger partial charge in [-0.3, -0.25) is 4.79 Å². The van der Waals surface area contributed by atoms with Gasteiger partial charge in [-0.25, -0.2) is 0 Å². The molecule has 0 radical (unpaired) electrons. The lowest BCUT2D eigenvalue weighted by Crippen LogP contribution is -2.23. The highest BCUT2D eigenvalue weighted by Gasteiger charge is 2.28. The van der Waals surface area contributed by atoms with E-state index in [2.05, 4.69) is 20.7 Å². The zero-order valence-corrected chi connectivity index (χ0v) is 12.0. The molecular weight excluding hydrogens is 307 g/mol. The molecular formula is C12H14BrClO3. The Morgan fingerprint density at radius 2 is 2.24 bits per heavy atom. The van der Waals surface area contributed by atoms with Crippen molar-refractivity contribution in [3.8, 4) is 0 Å². The number of carbonyl (C=O) groups excluding carboxylic acids is 1. The van der Waals surface area contributed by atoms with Crippen molar-refractivity contribution in [1.29, 1.82) is 0 Å². The fourth-order valence-corrected chi connectivity index (χ4v) is 2.41. The molecule has 0 amide bonds. The van der Waals surface area contributed by atoms with Gasteiger partial charge in [0.1, 0.15) is 0 Å². The van der Waals surface area contributed by atoms with Crippen molar-refractivity contribution < 1.29 is 14.6 Å². The number of rotatable bonds is 4. The van der Waals surface area contributed by atoms with Gasteiger partial charge in [0.25, 0.3) is 0 Å². The first-order valence-corrected chi connectivity index (χ1v) is 6.39. The molecule has 0 aliphatic carbocycles. The number of ether oxygens (including phenoxy) is 1. The van der Waals surface area contributed by atoms with Crippen LogP contribution in [0.2, 0.25) is 5.02 Å². The van der Waals surface area contributed by atoms with Crippen LogP contribution in [0.25, 0.3) is 0 Å². The van der Waals surface area contributed by atoms with Gasteiger partial charge < -0.3 is 9.84 Å². The number of esters is 1. The molecule has 17 heavy (non-hydrogen) atoms. The van der Waals surface area contributed by atoms with Gasteiger partial charge in [-0.2, -0.15) is 0 Å². The predicted octanol–water partition coefficient (Wildman–Crippen LogP) is 3.34. The molecule has 3 nitrogen and oxygen atoms in total. The van der Waals surface area contributed by atoms with Crippen molar-refractivity contribution >= 4 is 33.5 Å². The Morgan fingerprint density at radius 3 is 2.71 bits per heavy atom. The third kappa shape index (κ3) is 3.44. The first-order valence-electron chi connectivity index (χ1n) is 5.22. The van der Waals surface area contributed by atoms with E-state index >= 15 is 0 Å². The molecule has 0 aliphatic rings. The number of aliphatic hydroxyl groups is 1. The number of halogens is 2. The Hall–Kier alpha value is -0.580. The van der Waals surface area contributed by atoms with Crippen molar-refractivity contribution in [3.05, 3.63) is 33.3 Å². The quantitative estimate of drug-likeness (QED) is 0.865. The summed E-state index contributed by atoms with van der Waals surface area (Å²) in [5.41, 5.74) is 0.534. The van der Waals surface area contributed by atoms with Crippen LogP contribution in [0.4, 0.5) is 0 Å². The van der Waals surface area contributed by atoms with E-state index in [1.807, 2.05) is 6.92 Å². The third-order valence-electron chi connectivity index (χ3n) is 2.61. The van der Waals surface area contributed by atoms with Crippen LogP contribution in [0.15, 0.2) is 22.7 Å². The van der Waals surface area contributed by atoms with Crippen LogP contribution < -0.4 is 0 Å². The summed E-state index contributed by atoms with van der Waals surface area (Å²) >= 11 is 9.32. The van der Waals surface area contributed by atoms with Crippen molar-refractivity contribution in [3.63, 3.8) is 0 Å². The summed E-state index contributed by atoms with van der Waals surface area (Å²) in [6, 6.07) is 5.15.